The number of guanidine groups is 1. The van der Waals surface area contributed by atoms with Crippen molar-refractivity contribution in [2.45, 2.75) is 26.4 Å². The molecule has 9 heteroatoms. The number of rotatable bonds is 11. The van der Waals surface area contributed by atoms with Crippen LogP contribution in [0.4, 0.5) is 0 Å². The normalized spacial score (nSPS) is 11.0. The van der Waals surface area contributed by atoms with Crippen LogP contribution >= 0.6 is 24.0 Å². The highest BCUT2D eigenvalue weighted by atomic mass is 127. The third-order valence-electron chi connectivity index (χ3n) is 4.62. The van der Waals surface area contributed by atoms with Crippen LogP contribution in [0.25, 0.3) is 5.69 Å². The van der Waals surface area contributed by atoms with Gasteiger partial charge in [-0.2, -0.15) is 5.10 Å². The SMILES string of the molecule is CCOCCCNC(=NCc1ccc(OC)cc1)NCc1ccc(-n2cncn2)cc1.I. The number of hydrogen-bond donors (Lipinski definition) is 2. The maximum absolute atomic E-state index is 5.41. The van der Waals surface area contributed by atoms with Crippen LogP contribution in [0, 0.1) is 0 Å². The molecule has 0 atom stereocenters. The monoisotopic (exact) mass is 550 g/mol. The summed E-state index contributed by atoms with van der Waals surface area (Å²) in [4.78, 5) is 8.71. The lowest BCUT2D eigenvalue weighted by molar-refractivity contribution is 0.145. The smallest absolute Gasteiger partial charge is 0.191 e. The summed E-state index contributed by atoms with van der Waals surface area (Å²) in [7, 11) is 1.67. The fraction of sp³-hybridized carbons (Fsp3) is 0.348. The third kappa shape index (κ3) is 8.46. The molecule has 0 radical (unpaired) electrons. The second-order valence-electron chi connectivity index (χ2n) is 6.85. The molecule has 0 aliphatic rings. The third-order valence-corrected chi connectivity index (χ3v) is 4.62. The minimum absolute atomic E-state index is 0. The molecule has 3 aromatic rings. The van der Waals surface area contributed by atoms with Crippen molar-refractivity contribution >= 4 is 29.9 Å². The van der Waals surface area contributed by atoms with Crippen molar-refractivity contribution in [3.8, 4) is 11.4 Å². The molecule has 8 nitrogen and oxygen atoms in total. The van der Waals surface area contributed by atoms with Gasteiger partial charge in [0.2, 0.25) is 0 Å². The number of benzene rings is 2. The summed E-state index contributed by atoms with van der Waals surface area (Å²) in [5.41, 5.74) is 3.24. The number of aromatic nitrogens is 3. The summed E-state index contributed by atoms with van der Waals surface area (Å²) >= 11 is 0. The average Bonchev–Trinajstić information content (AvgIpc) is 3.36. The first-order valence-electron chi connectivity index (χ1n) is 10.5. The molecule has 2 aromatic carbocycles. The Labute approximate surface area is 206 Å². The molecule has 0 saturated carbocycles. The zero-order valence-corrected chi connectivity index (χ0v) is 20.9. The van der Waals surface area contributed by atoms with E-state index in [-0.39, 0.29) is 24.0 Å². The zero-order valence-electron chi connectivity index (χ0n) is 18.5. The predicted octanol–water partition coefficient (Wildman–Crippen LogP) is 3.56. The Morgan fingerprint density at radius 2 is 1.78 bits per heavy atom. The van der Waals surface area contributed by atoms with Crippen molar-refractivity contribution in [2.75, 3.05) is 26.9 Å². The zero-order chi connectivity index (χ0) is 21.7. The summed E-state index contributed by atoms with van der Waals surface area (Å²) in [5, 5.41) is 11.0. The van der Waals surface area contributed by atoms with Gasteiger partial charge in [-0.1, -0.05) is 24.3 Å². The average molecular weight is 550 g/mol. The van der Waals surface area contributed by atoms with E-state index in [0.29, 0.717) is 13.1 Å². The second-order valence-corrected chi connectivity index (χ2v) is 6.85. The molecule has 0 fully saturated rings. The lowest BCUT2D eigenvalue weighted by atomic mass is 10.2. The van der Waals surface area contributed by atoms with E-state index in [1.165, 1.54) is 6.33 Å². The summed E-state index contributed by atoms with van der Waals surface area (Å²) in [5.74, 6) is 1.61. The molecule has 1 aromatic heterocycles. The molecule has 0 unspecified atom stereocenters. The number of aliphatic imine (C=N–C) groups is 1. The van der Waals surface area contributed by atoms with Crippen LogP contribution < -0.4 is 15.4 Å². The van der Waals surface area contributed by atoms with Crippen molar-refractivity contribution in [1.82, 2.24) is 25.4 Å². The van der Waals surface area contributed by atoms with E-state index in [2.05, 4.69) is 32.8 Å². The van der Waals surface area contributed by atoms with Gasteiger partial charge in [0, 0.05) is 26.3 Å². The molecule has 0 aliphatic carbocycles. The number of nitrogens with one attached hydrogen (secondary N) is 2. The minimum atomic E-state index is 0. The Hall–Kier alpha value is -2.66. The van der Waals surface area contributed by atoms with Crippen LogP contribution in [0.15, 0.2) is 66.2 Å². The second kappa shape index (κ2) is 14.4. The summed E-state index contributed by atoms with van der Waals surface area (Å²) in [6, 6.07) is 16.1. The maximum atomic E-state index is 5.41. The van der Waals surface area contributed by atoms with Gasteiger partial charge in [0.05, 0.1) is 19.3 Å². The Balaban J connectivity index is 0.00000363. The van der Waals surface area contributed by atoms with Crippen LogP contribution in [-0.2, 0) is 17.8 Å². The first kappa shape index (κ1) is 25.6. The Morgan fingerprint density at radius 3 is 2.44 bits per heavy atom. The number of halogens is 1. The van der Waals surface area contributed by atoms with Crippen molar-refractivity contribution in [1.29, 1.82) is 0 Å². The molecule has 0 saturated heterocycles. The van der Waals surface area contributed by atoms with Crippen molar-refractivity contribution < 1.29 is 9.47 Å². The van der Waals surface area contributed by atoms with Crippen LogP contribution in [0.1, 0.15) is 24.5 Å². The molecule has 32 heavy (non-hydrogen) atoms. The summed E-state index contributed by atoms with van der Waals surface area (Å²) in [6.07, 6.45) is 4.13. The Morgan fingerprint density at radius 1 is 1.03 bits per heavy atom. The van der Waals surface area contributed by atoms with E-state index >= 15 is 0 Å². The highest BCUT2D eigenvalue weighted by Gasteiger charge is 2.02. The molecule has 172 valence electrons. The highest BCUT2D eigenvalue weighted by Crippen LogP contribution is 2.12. The van der Waals surface area contributed by atoms with Crippen LogP contribution in [0.3, 0.4) is 0 Å². The van der Waals surface area contributed by atoms with Gasteiger partial charge in [-0.25, -0.2) is 14.7 Å². The topological polar surface area (TPSA) is 85.6 Å². The van der Waals surface area contributed by atoms with Gasteiger partial charge in [0.1, 0.15) is 18.4 Å². The first-order valence-corrected chi connectivity index (χ1v) is 10.5. The standard InChI is InChI=1S/C23H30N6O2.HI/c1-3-31-14-4-13-25-23(27-16-20-7-11-22(30-2)12-8-20)26-15-19-5-9-21(10-6-19)29-18-24-17-28-29;/h5-12,17-18H,3-4,13-16H2,1-2H3,(H2,25,26,27);1H. The van der Waals surface area contributed by atoms with Gasteiger partial charge in [-0.05, 0) is 48.7 Å². The van der Waals surface area contributed by atoms with Gasteiger partial charge >= 0.3 is 0 Å². The molecular formula is C23H31IN6O2. The van der Waals surface area contributed by atoms with Crippen LogP contribution in [-0.4, -0.2) is 47.6 Å². The number of hydrogen-bond acceptors (Lipinski definition) is 5. The van der Waals surface area contributed by atoms with E-state index in [4.69, 9.17) is 14.5 Å². The highest BCUT2D eigenvalue weighted by molar-refractivity contribution is 14.0. The van der Waals surface area contributed by atoms with Crippen LogP contribution in [0.5, 0.6) is 5.75 Å². The molecule has 0 bridgehead atoms. The Bertz CT molecular complexity index is 915. The molecular weight excluding hydrogens is 519 g/mol. The summed E-state index contributed by atoms with van der Waals surface area (Å²) in [6.45, 7) is 5.51. The lowest BCUT2D eigenvalue weighted by Gasteiger charge is -2.13. The van der Waals surface area contributed by atoms with Crippen LogP contribution in [0.2, 0.25) is 0 Å². The van der Waals surface area contributed by atoms with E-state index in [1.54, 1.807) is 18.1 Å². The van der Waals surface area contributed by atoms with E-state index in [9.17, 15) is 0 Å². The number of methoxy groups -OCH3 is 1. The van der Waals surface area contributed by atoms with Crippen molar-refractivity contribution in [2.24, 2.45) is 4.99 Å². The largest absolute Gasteiger partial charge is 0.497 e. The molecule has 0 spiro atoms. The molecule has 0 aliphatic heterocycles. The fourth-order valence-corrected chi connectivity index (χ4v) is 2.89. The minimum Gasteiger partial charge on any atom is -0.497 e. The lowest BCUT2D eigenvalue weighted by Crippen LogP contribution is -2.37. The number of ether oxygens (including phenoxy) is 2. The molecule has 0 amide bonds. The Kier molecular flexibility index (Phi) is 11.5. The van der Waals surface area contributed by atoms with Crippen molar-refractivity contribution in [3.05, 3.63) is 72.3 Å². The number of nitrogens with zero attached hydrogens (tertiary/aromatic N) is 4. The van der Waals surface area contributed by atoms with E-state index < -0.39 is 0 Å². The predicted molar refractivity (Wildman–Crippen MR) is 137 cm³/mol. The fourth-order valence-electron chi connectivity index (χ4n) is 2.89. The van der Waals surface area contributed by atoms with E-state index in [0.717, 1.165) is 54.7 Å². The molecule has 2 N–H and O–H groups in total. The quantitative estimate of drug-likeness (QED) is 0.165. The van der Waals surface area contributed by atoms with Gasteiger partial charge in [0.25, 0.3) is 0 Å². The summed E-state index contributed by atoms with van der Waals surface area (Å²) < 4.78 is 12.4. The van der Waals surface area contributed by atoms with Crippen molar-refractivity contribution in [3.63, 3.8) is 0 Å². The first-order chi connectivity index (χ1) is 15.3. The van der Waals surface area contributed by atoms with Gasteiger partial charge < -0.3 is 20.1 Å². The molecule has 1 heterocycles. The van der Waals surface area contributed by atoms with E-state index in [1.807, 2.05) is 43.3 Å². The molecule has 3 rings (SSSR count). The van der Waals surface area contributed by atoms with Gasteiger partial charge in [-0.15, -0.1) is 24.0 Å². The maximum Gasteiger partial charge on any atom is 0.191 e. The van der Waals surface area contributed by atoms with Gasteiger partial charge in [0.15, 0.2) is 5.96 Å². The van der Waals surface area contributed by atoms with Gasteiger partial charge in [-0.3, -0.25) is 0 Å².